The van der Waals surface area contributed by atoms with Gasteiger partial charge in [0.15, 0.2) is 12.1 Å². The Morgan fingerprint density at radius 2 is 1.50 bits per heavy atom. The summed E-state index contributed by atoms with van der Waals surface area (Å²) in [7, 11) is 0. The van der Waals surface area contributed by atoms with Crippen LogP contribution in [0.25, 0.3) is 0 Å². The number of rotatable bonds is 4. The Labute approximate surface area is 183 Å². The van der Waals surface area contributed by atoms with E-state index < -0.39 is 34.7 Å². The molecule has 0 unspecified atom stereocenters. The predicted molar refractivity (Wildman–Crippen MR) is 102 cm³/mol. The third-order valence-corrected chi connectivity index (χ3v) is 7.81. The molecule has 4 saturated heterocycles. The average Bonchev–Trinajstić information content (AvgIpc) is 3.13. The lowest BCUT2D eigenvalue weighted by Crippen LogP contribution is -2.36. The smallest absolute Gasteiger partial charge is 0.338 e. The van der Waals surface area contributed by atoms with E-state index in [0.29, 0.717) is 12.0 Å². The number of hydrogen-bond acceptors (Lipinski definition) is 4. The van der Waals surface area contributed by atoms with Crippen molar-refractivity contribution in [2.24, 2.45) is 11.8 Å². The van der Waals surface area contributed by atoms with Gasteiger partial charge in [0, 0.05) is 23.8 Å². The molecule has 0 N–H and O–H groups in total. The minimum absolute atomic E-state index is 0.0939. The molecule has 2 aromatic carbocycles. The zero-order chi connectivity index (χ0) is 22.9. The van der Waals surface area contributed by atoms with Crippen LogP contribution >= 0.6 is 11.8 Å². The van der Waals surface area contributed by atoms with E-state index >= 15 is 0 Å². The van der Waals surface area contributed by atoms with Gasteiger partial charge in [-0.1, -0.05) is 36.0 Å². The largest absolute Gasteiger partial charge is 0.416 e. The van der Waals surface area contributed by atoms with Gasteiger partial charge in [0.1, 0.15) is 10.4 Å². The summed E-state index contributed by atoms with van der Waals surface area (Å²) in [5.41, 5.74) is -1.14. The Bertz CT molecular complexity index is 1030. The molecule has 0 amide bonds. The molecule has 6 rings (SSSR count). The van der Waals surface area contributed by atoms with Crippen molar-refractivity contribution in [2.75, 3.05) is 0 Å². The molecule has 4 aliphatic heterocycles. The number of carbonyl (C=O) groups excluding carboxylic acids is 1. The molecule has 0 spiro atoms. The van der Waals surface area contributed by atoms with Crippen LogP contribution in [0.1, 0.15) is 39.9 Å². The van der Waals surface area contributed by atoms with Crippen LogP contribution in [0.15, 0.2) is 48.5 Å². The van der Waals surface area contributed by atoms with Gasteiger partial charge in [0.2, 0.25) is 0 Å². The normalized spacial score (nSPS) is 31.3. The molecule has 2 aromatic rings. The van der Waals surface area contributed by atoms with Gasteiger partial charge in [0.05, 0.1) is 11.1 Å². The van der Waals surface area contributed by atoms with E-state index in [4.69, 9.17) is 9.47 Å². The number of thioether (sulfide) groups is 1. The number of carbonyl (C=O) groups is 1. The average molecular weight is 474 g/mol. The van der Waals surface area contributed by atoms with Crippen molar-refractivity contribution in [3.8, 4) is 0 Å². The second-order valence-corrected chi connectivity index (χ2v) is 9.53. The van der Waals surface area contributed by atoms with Crippen molar-refractivity contribution in [3.63, 3.8) is 0 Å². The van der Waals surface area contributed by atoms with E-state index in [9.17, 15) is 31.1 Å². The zero-order valence-corrected chi connectivity index (χ0v) is 17.1. The highest BCUT2D eigenvalue weighted by atomic mass is 32.2. The van der Waals surface area contributed by atoms with Gasteiger partial charge in [-0.2, -0.15) is 26.3 Å². The van der Waals surface area contributed by atoms with Crippen LogP contribution in [-0.2, 0) is 26.8 Å². The molecule has 5 atom stereocenters. The van der Waals surface area contributed by atoms with Crippen LogP contribution in [0.5, 0.6) is 0 Å². The number of ether oxygens (including phenoxy) is 2. The fraction of sp³-hybridized carbons (Fsp3) is 0.409. The Hall–Kier alpha value is -2.04. The molecule has 10 heteroatoms. The summed E-state index contributed by atoms with van der Waals surface area (Å²) in [6.45, 7) is 0. The maximum absolute atomic E-state index is 12.9. The SMILES string of the molecule is O=C(C[C@H]1[C@@H]2C[C@@]3(c4ccc(C(F)(F)F)cc4)O[C@@H]2O[C@@H]1S3)c1ccc(C(F)(F)F)cc1. The van der Waals surface area contributed by atoms with Crippen molar-refractivity contribution < 1.29 is 40.6 Å². The summed E-state index contributed by atoms with van der Waals surface area (Å²) < 4.78 is 88.7. The lowest BCUT2D eigenvalue weighted by Gasteiger charge is -2.39. The summed E-state index contributed by atoms with van der Waals surface area (Å²) in [6, 6.07) is 8.97. The molecular formula is C22H16F6O3S. The van der Waals surface area contributed by atoms with Crippen molar-refractivity contribution >= 4 is 17.5 Å². The van der Waals surface area contributed by atoms with Gasteiger partial charge in [-0.25, -0.2) is 0 Å². The molecule has 4 aliphatic rings. The Morgan fingerprint density at radius 3 is 2.03 bits per heavy atom. The molecule has 4 heterocycles. The number of alkyl halides is 6. The van der Waals surface area contributed by atoms with E-state index in [1.807, 2.05) is 0 Å². The van der Waals surface area contributed by atoms with Crippen LogP contribution in [0, 0.1) is 11.8 Å². The Morgan fingerprint density at radius 1 is 0.938 bits per heavy atom. The van der Waals surface area contributed by atoms with Gasteiger partial charge in [-0.15, -0.1) is 0 Å². The first kappa shape index (κ1) is 21.8. The monoisotopic (exact) mass is 474 g/mol. The lowest BCUT2D eigenvalue weighted by atomic mass is 9.84. The molecule has 3 nitrogen and oxygen atoms in total. The molecule has 0 aromatic heterocycles. The molecule has 0 aliphatic carbocycles. The molecule has 170 valence electrons. The number of hydrogen-bond donors (Lipinski definition) is 0. The fourth-order valence-electron chi connectivity index (χ4n) is 4.62. The second kappa shape index (κ2) is 7.23. The first-order chi connectivity index (χ1) is 15.0. The third kappa shape index (κ3) is 3.62. The summed E-state index contributed by atoms with van der Waals surface area (Å²) in [5, 5.41) is 0. The first-order valence-electron chi connectivity index (χ1n) is 9.86. The highest BCUT2D eigenvalue weighted by Crippen LogP contribution is 2.66. The van der Waals surface area contributed by atoms with Crippen LogP contribution in [0.3, 0.4) is 0 Å². The number of benzene rings is 2. The summed E-state index contributed by atoms with van der Waals surface area (Å²) in [5.74, 6) is -0.598. The molecular weight excluding hydrogens is 458 g/mol. The van der Waals surface area contributed by atoms with Crippen LogP contribution in [0.2, 0.25) is 0 Å². The Balaban J connectivity index is 1.30. The van der Waals surface area contributed by atoms with Crippen molar-refractivity contribution in [1.29, 1.82) is 0 Å². The second-order valence-electron chi connectivity index (χ2n) is 8.17. The maximum atomic E-state index is 12.9. The third-order valence-electron chi connectivity index (χ3n) is 6.24. The van der Waals surface area contributed by atoms with E-state index in [1.54, 1.807) is 0 Å². The quantitative estimate of drug-likeness (QED) is 0.389. The van der Waals surface area contributed by atoms with Gasteiger partial charge < -0.3 is 9.47 Å². The standard InChI is InChI=1S/C22H16F6O3S/c23-21(24,25)13-3-1-11(2-4-13)17(29)9-15-16-10-20(31-18(16)30-19(15)32-20)12-5-7-14(8-6-12)22(26,27)28/h1-8,15-16,18-19H,9-10H2/t15-,16-,18-,19+,20+/m0/s1. The van der Waals surface area contributed by atoms with Crippen LogP contribution in [0.4, 0.5) is 26.3 Å². The highest BCUT2D eigenvalue weighted by molar-refractivity contribution is 8.00. The van der Waals surface area contributed by atoms with E-state index in [-0.39, 0.29) is 35.0 Å². The van der Waals surface area contributed by atoms with Crippen molar-refractivity contribution in [3.05, 3.63) is 70.8 Å². The molecule has 4 bridgehead atoms. The Kier molecular flexibility index (Phi) is 4.92. The van der Waals surface area contributed by atoms with E-state index in [1.165, 1.54) is 36.0 Å². The predicted octanol–water partition coefficient (Wildman–Crippen LogP) is 6.23. The van der Waals surface area contributed by atoms with Gasteiger partial charge in [0.25, 0.3) is 0 Å². The van der Waals surface area contributed by atoms with Gasteiger partial charge in [-0.05, 0) is 36.2 Å². The van der Waals surface area contributed by atoms with Gasteiger partial charge in [-0.3, -0.25) is 4.79 Å². The van der Waals surface area contributed by atoms with Crippen molar-refractivity contribution in [1.82, 2.24) is 0 Å². The highest BCUT2D eigenvalue weighted by Gasteiger charge is 2.64. The fourth-order valence-corrected chi connectivity index (χ4v) is 6.34. The number of ketones is 1. The first-order valence-corrected chi connectivity index (χ1v) is 10.7. The topological polar surface area (TPSA) is 35.5 Å². The maximum Gasteiger partial charge on any atom is 0.416 e. The summed E-state index contributed by atoms with van der Waals surface area (Å²) in [6.07, 6.45) is -8.89. The molecule has 32 heavy (non-hydrogen) atoms. The molecule has 4 fully saturated rings. The van der Waals surface area contributed by atoms with Gasteiger partial charge >= 0.3 is 12.4 Å². The lowest BCUT2D eigenvalue weighted by molar-refractivity contribution is -0.151. The summed E-state index contributed by atoms with van der Waals surface area (Å²) in [4.78, 5) is 11.9. The molecule has 0 radical (unpaired) electrons. The van der Waals surface area contributed by atoms with Crippen LogP contribution < -0.4 is 0 Å². The van der Waals surface area contributed by atoms with E-state index in [0.717, 1.165) is 24.3 Å². The minimum atomic E-state index is -4.47. The van der Waals surface area contributed by atoms with Crippen molar-refractivity contribution in [2.45, 2.75) is 41.9 Å². The molecule has 0 saturated carbocycles. The van der Waals surface area contributed by atoms with Crippen LogP contribution in [-0.4, -0.2) is 17.5 Å². The minimum Gasteiger partial charge on any atom is -0.338 e. The number of halogens is 6. The zero-order valence-electron chi connectivity index (χ0n) is 16.2. The van der Waals surface area contributed by atoms with E-state index in [2.05, 4.69) is 0 Å². The number of Topliss-reactive ketones (excluding diaryl/α,β-unsaturated/α-hetero) is 1. The summed E-state index contributed by atoms with van der Waals surface area (Å²) >= 11 is 1.33.